The summed E-state index contributed by atoms with van der Waals surface area (Å²) in [5, 5.41) is 2.63. The summed E-state index contributed by atoms with van der Waals surface area (Å²) in [5.41, 5.74) is 5.30. The monoisotopic (exact) mass is 200 g/mol. The number of rotatable bonds is 3. The molecule has 0 radical (unpaired) electrons. The van der Waals surface area contributed by atoms with Crippen molar-refractivity contribution >= 4 is 11.6 Å². The SMILES string of the molecule is CC(Nc1ccc(F)c(F)c1)C(N)=O. The summed E-state index contributed by atoms with van der Waals surface area (Å²) < 4.78 is 25.2. The molecule has 1 amide bonds. The highest BCUT2D eigenvalue weighted by Crippen LogP contribution is 2.13. The first-order chi connectivity index (χ1) is 6.50. The Morgan fingerprint density at radius 3 is 2.57 bits per heavy atom. The lowest BCUT2D eigenvalue weighted by Crippen LogP contribution is -2.32. The van der Waals surface area contributed by atoms with Crippen LogP contribution in [0.3, 0.4) is 0 Å². The molecule has 0 saturated carbocycles. The molecular weight excluding hydrogens is 190 g/mol. The van der Waals surface area contributed by atoms with Gasteiger partial charge in [0.15, 0.2) is 11.6 Å². The van der Waals surface area contributed by atoms with E-state index in [0.717, 1.165) is 12.1 Å². The molecule has 14 heavy (non-hydrogen) atoms. The van der Waals surface area contributed by atoms with Gasteiger partial charge in [-0.25, -0.2) is 8.78 Å². The van der Waals surface area contributed by atoms with Crippen LogP contribution in [0.2, 0.25) is 0 Å². The molecule has 0 saturated heterocycles. The number of primary amides is 1. The molecule has 0 aliphatic rings. The van der Waals surface area contributed by atoms with Gasteiger partial charge in [-0.2, -0.15) is 0 Å². The van der Waals surface area contributed by atoms with E-state index in [9.17, 15) is 13.6 Å². The third-order valence-electron chi connectivity index (χ3n) is 1.73. The van der Waals surface area contributed by atoms with Gasteiger partial charge in [0.2, 0.25) is 5.91 Å². The number of carbonyl (C=O) groups excluding carboxylic acids is 1. The molecule has 0 aliphatic carbocycles. The van der Waals surface area contributed by atoms with Crippen LogP contribution in [0.1, 0.15) is 6.92 Å². The molecule has 1 atom stereocenters. The Hall–Kier alpha value is -1.65. The van der Waals surface area contributed by atoms with Gasteiger partial charge in [-0.3, -0.25) is 4.79 Å². The van der Waals surface area contributed by atoms with Gasteiger partial charge in [0.25, 0.3) is 0 Å². The maximum absolute atomic E-state index is 12.7. The first kappa shape index (κ1) is 10.4. The van der Waals surface area contributed by atoms with Crippen LogP contribution in [-0.2, 0) is 4.79 Å². The molecule has 0 spiro atoms. The quantitative estimate of drug-likeness (QED) is 0.771. The summed E-state index contributed by atoms with van der Waals surface area (Å²) in [6.07, 6.45) is 0. The minimum Gasteiger partial charge on any atom is -0.374 e. The molecule has 0 aromatic heterocycles. The molecule has 0 heterocycles. The topological polar surface area (TPSA) is 55.1 Å². The number of halogens is 2. The highest BCUT2D eigenvalue weighted by molar-refractivity contribution is 5.82. The third kappa shape index (κ3) is 2.42. The largest absolute Gasteiger partial charge is 0.374 e. The molecule has 76 valence electrons. The second kappa shape index (κ2) is 4.04. The van der Waals surface area contributed by atoms with Crippen molar-refractivity contribution in [2.75, 3.05) is 5.32 Å². The van der Waals surface area contributed by atoms with Crippen molar-refractivity contribution in [2.24, 2.45) is 5.73 Å². The fraction of sp³-hybridized carbons (Fsp3) is 0.222. The summed E-state index contributed by atoms with van der Waals surface area (Å²) in [5.74, 6) is -2.45. The smallest absolute Gasteiger partial charge is 0.239 e. The van der Waals surface area contributed by atoms with E-state index in [0.29, 0.717) is 5.69 Å². The average molecular weight is 200 g/mol. The van der Waals surface area contributed by atoms with E-state index in [2.05, 4.69) is 5.32 Å². The number of carbonyl (C=O) groups is 1. The molecule has 5 heteroatoms. The van der Waals surface area contributed by atoms with Gasteiger partial charge < -0.3 is 11.1 Å². The van der Waals surface area contributed by atoms with Gasteiger partial charge in [-0.1, -0.05) is 0 Å². The van der Waals surface area contributed by atoms with Crippen molar-refractivity contribution in [1.82, 2.24) is 0 Å². The van der Waals surface area contributed by atoms with Crippen molar-refractivity contribution < 1.29 is 13.6 Å². The Bertz CT molecular complexity index is 355. The van der Waals surface area contributed by atoms with E-state index in [1.807, 2.05) is 0 Å². The Balaban J connectivity index is 2.78. The zero-order chi connectivity index (χ0) is 10.7. The van der Waals surface area contributed by atoms with Crippen molar-refractivity contribution in [3.63, 3.8) is 0 Å². The summed E-state index contributed by atoms with van der Waals surface area (Å²) >= 11 is 0. The molecule has 1 rings (SSSR count). The maximum Gasteiger partial charge on any atom is 0.239 e. The normalized spacial score (nSPS) is 12.2. The van der Waals surface area contributed by atoms with Crippen LogP contribution in [0.15, 0.2) is 18.2 Å². The molecule has 0 aliphatic heterocycles. The Morgan fingerprint density at radius 2 is 2.07 bits per heavy atom. The minimum atomic E-state index is -0.966. The Labute approximate surface area is 79.9 Å². The number of hydrogen-bond acceptors (Lipinski definition) is 2. The minimum absolute atomic E-state index is 0.315. The van der Waals surface area contributed by atoms with E-state index in [1.54, 1.807) is 0 Å². The lowest BCUT2D eigenvalue weighted by atomic mass is 10.2. The van der Waals surface area contributed by atoms with Gasteiger partial charge >= 0.3 is 0 Å². The zero-order valence-electron chi connectivity index (χ0n) is 7.55. The number of anilines is 1. The second-order valence-corrected chi connectivity index (χ2v) is 2.90. The van der Waals surface area contributed by atoms with Crippen LogP contribution in [0.5, 0.6) is 0 Å². The average Bonchev–Trinajstić information content (AvgIpc) is 2.11. The highest BCUT2D eigenvalue weighted by atomic mass is 19.2. The fourth-order valence-electron chi connectivity index (χ4n) is 0.907. The van der Waals surface area contributed by atoms with Gasteiger partial charge in [-0.05, 0) is 19.1 Å². The summed E-state index contributed by atoms with van der Waals surface area (Å²) in [6.45, 7) is 1.53. The molecule has 3 N–H and O–H groups in total. The first-order valence-corrected chi connectivity index (χ1v) is 4.01. The molecule has 0 fully saturated rings. The van der Waals surface area contributed by atoms with E-state index in [4.69, 9.17) is 5.73 Å². The number of nitrogens with two attached hydrogens (primary N) is 1. The first-order valence-electron chi connectivity index (χ1n) is 4.01. The predicted molar refractivity (Wildman–Crippen MR) is 48.6 cm³/mol. The number of amides is 1. The van der Waals surface area contributed by atoms with E-state index >= 15 is 0 Å². The maximum atomic E-state index is 12.7. The molecular formula is C9H10F2N2O. The zero-order valence-corrected chi connectivity index (χ0v) is 7.55. The summed E-state index contributed by atoms with van der Waals surface area (Å²) in [6, 6.07) is 2.65. The molecule has 1 aromatic carbocycles. The summed E-state index contributed by atoms with van der Waals surface area (Å²) in [7, 11) is 0. The lowest BCUT2D eigenvalue weighted by Gasteiger charge is -2.11. The van der Waals surface area contributed by atoms with Gasteiger partial charge in [0, 0.05) is 11.8 Å². The van der Waals surface area contributed by atoms with E-state index in [-0.39, 0.29) is 0 Å². The van der Waals surface area contributed by atoms with Crippen LogP contribution in [0.25, 0.3) is 0 Å². The van der Waals surface area contributed by atoms with Gasteiger partial charge in [-0.15, -0.1) is 0 Å². The summed E-state index contributed by atoms with van der Waals surface area (Å²) in [4.78, 5) is 10.6. The number of hydrogen-bond donors (Lipinski definition) is 2. The van der Waals surface area contributed by atoms with Crippen LogP contribution in [-0.4, -0.2) is 11.9 Å². The van der Waals surface area contributed by atoms with Crippen LogP contribution in [0.4, 0.5) is 14.5 Å². The highest BCUT2D eigenvalue weighted by Gasteiger charge is 2.09. The number of nitrogens with one attached hydrogen (secondary N) is 1. The lowest BCUT2D eigenvalue weighted by molar-refractivity contribution is -0.118. The van der Waals surface area contributed by atoms with Gasteiger partial charge in [0.05, 0.1) is 0 Å². The van der Waals surface area contributed by atoms with Crippen molar-refractivity contribution in [3.8, 4) is 0 Å². The van der Waals surface area contributed by atoms with Crippen LogP contribution < -0.4 is 11.1 Å². The van der Waals surface area contributed by atoms with Gasteiger partial charge in [0.1, 0.15) is 6.04 Å². The Kier molecular flexibility index (Phi) is 3.01. The van der Waals surface area contributed by atoms with Crippen molar-refractivity contribution in [1.29, 1.82) is 0 Å². The molecule has 1 unspecified atom stereocenters. The fourth-order valence-corrected chi connectivity index (χ4v) is 0.907. The molecule has 3 nitrogen and oxygen atoms in total. The van der Waals surface area contributed by atoms with E-state index < -0.39 is 23.6 Å². The molecule has 1 aromatic rings. The van der Waals surface area contributed by atoms with Crippen molar-refractivity contribution in [3.05, 3.63) is 29.8 Å². The van der Waals surface area contributed by atoms with E-state index in [1.165, 1.54) is 13.0 Å². The van der Waals surface area contributed by atoms with Crippen LogP contribution >= 0.6 is 0 Å². The number of benzene rings is 1. The second-order valence-electron chi connectivity index (χ2n) is 2.90. The van der Waals surface area contributed by atoms with Crippen LogP contribution in [0, 0.1) is 11.6 Å². The Morgan fingerprint density at radius 1 is 1.43 bits per heavy atom. The predicted octanol–water partition coefficient (Wildman–Crippen LogP) is 1.25. The molecule has 0 bridgehead atoms. The van der Waals surface area contributed by atoms with Crippen molar-refractivity contribution in [2.45, 2.75) is 13.0 Å². The third-order valence-corrected chi connectivity index (χ3v) is 1.73. The standard InChI is InChI=1S/C9H10F2N2O/c1-5(9(12)14)13-6-2-3-7(10)8(11)4-6/h2-5,13H,1H3,(H2,12,14).